The van der Waals surface area contributed by atoms with E-state index in [1.165, 1.54) is 17.0 Å². The molecular weight excluding hydrogens is 451 g/mol. The highest BCUT2D eigenvalue weighted by Gasteiger charge is 2.35. The van der Waals surface area contributed by atoms with Crippen molar-refractivity contribution in [1.29, 1.82) is 0 Å². The first-order valence-corrected chi connectivity index (χ1v) is 9.08. The molecular formula is C11H9Br2FN2O5S. The van der Waals surface area contributed by atoms with Gasteiger partial charge < -0.3 is 4.90 Å². The van der Waals surface area contributed by atoms with Crippen molar-refractivity contribution in [2.75, 3.05) is 17.2 Å². The van der Waals surface area contributed by atoms with Crippen LogP contribution in [0.5, 0.6) is 0 Å². The predicted molar refractivity (Wildman–Crippen MR) is 83.9 cm³/mol. The number of nitro groups is 1. The van der Waals surface area contributed by atoms with Gasteiger partial charge in [-0.1, -0.05) is 0 Å². The Kier molecular flexibility index (Phi) is 4.87. The molecule has 0 bridgehead atoms. The molecule has 120 valence electrons. The third-order valence-electron chi connectivity index (χ3n) is 3.12. The second-order valence-electron chi connectivity index (χ2n) is 4.80. The Balaban J connectivity index is 2.33. The van der Waals surface area contributed by atoms with Crippen molar-refractivity contribution in [3.05, 3.63) is 31.2 Å². The molecule has 0 spiro atoms. The summed E-state index contributed by atoms with van der Waals surface area (Å²) >= 11 is 6.33. The van der Waals surface area contributed by atoms with E-state index in [0.717, 1.165) is 0 Å². The summed E-state index contributed by atoms with van der Waals surface area (Å²) in [5.74, 6) is -1.75. The van der Waals surface area contributed by atoms with Crippen LogP contribution in [0.4, 0.5) is 15.3 Å². The summed E-state index contributed by atoms with van der Waals surface area (Å²) in [4.78, 5) is 23.5. The Labute approximate surface area is 142 Å². The van der Waals surface area contributed by atoms with Crippen LogP contribution in [0.25, 0.3) is 0 Å². The smallest absolute Gasteiger partial charge is 0.302 e. The lowest BCUT2D eigenvalue weighted by atomic mass is 10.1. The summed E-state index contributed by atoms with van der Waals surface area (Å²) in [6.45, 7) is 0.0248. The van der Waals surface area contributed by atoms with Crippen LogP contribution in [0.1, 0.15) is 6.42 Å². The third-order valence-corrected chi connectivity index (χ3v) is 5.20. The van der Waals surface area contributed by atoms with Crippen LogP contribution in [-0.4, -0.2) is 31.5 Å². The molecule has 7 nitrogen and oxygen atoms in total. The van der Waals surface area contributed by atoms with Gasteiger partial charge in [-0.15, -0.1) is 3.89 Å². The van der Waals surface area contributed by atoms with Crippen LogP contribution >= 0.6 is 31.9 Å². The average Bonchev–Trinajstić information content (AvgIpc) is 2.66. The number of rotatable bonds is 4. The lowest BCUT2D eigenvalue weighted by Gasteiger charge is -2.19. The van der Waals surface area contributed by atoms with Gasteiger partial charge in [0.15, 0.2) is 0 Å². The van der Waals surface area contributed by atoms with Crippen molar-refractivity contribution in [2.45, 2.75) is 6.42 Å². The molecule has 1 aliphatic heterocycles. The highest BCUT2D eigenvalue weighted by Crippen LogP contribution is 2.40. The molecule has 1 heterocycles. The number of amides is 1. The van der Waals surface area contributed by atoms with Crippen LogP contribution < -0.4 is 4.90 Å². The van der Waals surface area contributed by atoms with Gasteiger partial charge in [0.2, 0.25) is 5.91 Å². The largest absolute Gasteiger partial charge is 0.310 e. The molecule has 11 heteroatoms. The van der Waals surface area contributed by atoms with Gasteiger partial charge in [0.05, 0.1) is 16.4 Å². The molecule has 0 aliphatic carbocycles. The summed E-state index contributed by atoms with van der Waals surface area (Å²) in [7, 11) is -4.67. The van der Waals surface area contributed by atoms with Gasteiger partial charge in [0.1, 0.15) is 0 Å². The van der Waals surface area contributed by atoms with E-state index in [4.69, 9.17) is 0 Å². The normalized spacial score (nSPS) is 18.8. The fourth-order valence-electron chi connectivity index (χ4n) is 2.31. The lowest BCUT2D eigenvalue weighted by molar-refractivity contribution is -0.385. The minimum atomic E-state index is -4.67. The molecule has 2 rings (SSSR count). The maximum absolute atomic E-state index is 12.7. The SMILES string of the molecule is O=C1CC(CS(=O)(=O)F)CN1c1c(Br)cc([N+](=O)[O-])cc1Br. The van der Waals surface area contributed by atoms with E-state index in [1.54, 1.807) is 0 Å². The number of benzene rings is 1. The number of halogens is 3. The second kappa shape index (κ2) is 6.20. The number of nitro benzene ring substituents is 1. The molecule has 1 amide bonds. The van der Waals surface area contributed by atoms with Gasteiger partial charge in [0.25, 0.3) is 5.69 Å². The number of carbonyl (C=O) groups is 1. The van der Waals surface area contributed by atoms with Gasteiger partial charge in [-0.05, 0) is 31.9 Å². The van der Waals surface area contributed by atoms with Gasteiger partial charge in [-0.25, -0.2) is 0 Å². The Bertz CT molecular complexity index is 732. The number of hydrogen-bond acceptors (Lipinski definition) is 5. The average molecular weight is 460 g/mol. The van der Waals surface area contributed by atoms with E-state index in [1.807, 2.05) is 0 Å². The van der Waals surface area contributed by atoms with Crippen LogP contribution in [0, 0.1) is 16.0 Å². The molecule has 1 fully saturated rings. The fourth-order valence-corrected chi connectivity index (χ4v) is 4.68. The monoisotopic (exact) mass is 458 g/mol. The standard InChI is InChI=1S/C11H9Br2FN2O5S/c12-8-2-7(16(18)19)3-9(13)11(8)15-4-6(1-10(15)17)5-22(14,20)21/h2-3,6H,1,4-5H2. The molecule has 1 atom stereocenters. The van der Waals surface area contributed by atoms with Crippen molar-refractivity contribution in [1.82, 2.24) is 0 Å². The molecule has 0 radical (unpaired) electrons. The summed E-state index contributed by atoms with van der Waals surface area (Å²) < 4.78 is 34.8. The first-order chi connectivity index (χ1) is 10.1. The number of hydrogen-bond donors (Lipinski definition) is 0. The first kappa shape index (κ1) is 17.3. The zero-order chi connectivity index (χ0) is 16.7. The van der Waals surface area contributed by atoms with E-state index in [0.29, 0.717) is 14.6 Å². The molecule has 1 saturated heterocycles. The Morgan fingerprint density at radius 3 is 2.36 bits per heavy atom. The van der Waals surface area contributed by atoms with Gasteiger partial charge in [0, 0.05) is 40.0 Å². The van der Waals surface area contributed by atoms with Crippen LogP contribution in [0.3, 0.4) is 0 Å². The topological polar surface area (TPSA) is 97.6 Å². The van der Waals surface area contributed by atoms with E-state index >= 15 is 0 Å². The number of non-ortho nitro benzene ring substituents is 1. The summed E-state index contributed by atoms with van der Waals surface area (Å²) in [5, 5.41) is 10.8. The van der Waals surface area contributed by atoms with Crippen molar-refractivity contribution in [2.24, 2.45) is 5.92 Å². The Hall–Kier alpha value is -1.07. The lowest BCUT2D eigenvalue weighted by Crippen LogP contribution is -2.26. The second-order valence-corrected chi connectivity index (χ2v) is 7.91. The summed E-state index contributed by atoms with van der Waals surface area (Å²) in [5.41, 5.74) is 0.186. The van der Waals surface area contributed by atoms with Crippen molar-refractivity contribution >= 4 is 59.4 Å². The van der Waals surface area contributed by atoms with Crippen molar-refractivity contribution in [3.8, 4) is 0 Å². The molecule has 0 saturated carbocycles. The van der Waals surface area contributed by atoms with E-state index < -0.39 is 26.8 Å². The van der Waals surface area contributed by atoms with E-state index in [9.17, 15) is 27.2 Å². The highest BCUT2D eigenvalue weighted by molar-refractivity contribution is 9.11. The van der Waals surface area contributed by atoms with Gasteiger partial charge in [-0.3, -0.25) is 14.9 Å². The minimum Gasteiger partial charge on any atom is -0.310 e. The maximum Gasteiger partial charge on any atom is 0.302 e. The van der Waals surface area contributed by atoms with Gasteiger partial charge in [-0.2, -0.15) is 8.42 Å². The van der Waals surface area contributed by atoms with Crippen LogP contribution in [-0.2, 0) is 15.0 Å². The molecule has 1 unspecified atom stereocenters. The first-order valence-electron chi connectivity index (χ1n) is 5.94. The van der Waals surface area contributed by atoms with Crippen LogP contribution in [0.2, 0.25) is 0 Å². The highest BCUT2D eigenvalue weighted by atomic mass is 79.9. The molecule has 22 heavy (non-hydrogen) atoms. The van der Waals surface area contributed by atoms with Crippen molar-refractivity contribution in [3.63, 3.8) is 0 Å². The van der Waals surface area contributed by atoms with Gasteiger partial charge >= 0.3 is 10.2 Å². The molecule has 0 aromatic heterocycles. The number of anilines is 1. The predicted octanol–water partition coefficient (Wildman–Crippen LogP) is 2.77. The quantitative estimate of drug-likeness (QED) is 0.391. The maximum atomic E-state index is 12.7. The van der Waals surface area contributed by atoms with Crippen molar-refractivity contribution < 1.29 is 22.0 Å². The van der Waals surface area contributed by atoms with Crippen LogP contribution in [0.15, 0.2) is 21.1 Å². The molecule has 1 aromatic rings. The van der Waals surface area contributed by atoms with E-state index in [-0.39, 0.29) is 24.6 Å². The summed E-state index contributed by atoms with van der Waals surface area (Å²) in [6, 6.07) is 2.49. The minimum absolute atomic E-state index is 0.0248. The number of carbonyl (C=O) groups excluding carboxylic acids is 1. The molecule has 1 aromatic carbocycles. The van der Waals surface area contributed by atoms with E-state index in [2.05, 4.69) is 31.9 Å². The summed E-state index contributed by atoms with van der Waals surface area (Å²) in [6.07, 6.45) is -0.0982. The molecule has 1 aliphatic rings. The fraction of sp³-hybridized carbons (Fsp3) is 0.364. The third kappa shape index (κ3) is 3.82. The molecule has 0 N–H and O–H groups in total. The number of nitrogens with zero attached hydrogens (tertiary/aromatic N) is 2. The Morgan fingerprint density at radius 1 is 1.36 bits per heavy atom. The Morgan fingerprint density at radius 2 is 1.91 bits per heavy atom. The zero-order valence-corrected chi connectivity index (χ0v) is 14.8. The zero-order valence-electron chi connectivity index (χ0n) is 10.8.